The smallest absolute Gasteiger partial charge is 0.141 e. The summed E-state index contributed by atoms with van der Waals surface area (Å²) in [5.41, 5.74) is 0.949. The zero-order valence-corrected chi connectivity index (χ0v) is 12.4. The van der Waals surface area contributed by atoms with E-state index in [-0.39, 0.29) is 10.8 Å². The van der Waals surface area contributed by atoms with Gasteiger partial charge in [0.25, 0.3) is 0 Å². The molecule has 2 aromatic rings. The monoisotopic (exact) mass is 306 g/mol. The van der Waals surface area contributed by atoms with Crippen LogP contribution in [0.5, 0.6) is 0 Å². The second-order valence-corrected chi connectivity index (χ2v) is 5.57. The molecular weight excluding hydrogens is 291 g/mol. The summed E-state index contributed by atoms with van der Waals surface area (Å²) in [7, 11) is 0. The predicted molar refractivity (Wildman–Crippen MR) is 82.4 cm³/mol. The first-order valence-electron chi connectivity index (χ1n) is 6.88. The van der Waals surface area contributed by atoms with Crippen molar-refractivity contribution in [1.29, 1.82) is 0 Å². The molecule has 1 aromatic heterocycles. The van der Waals surface area contributed by atoms with E-state index in [9.17, 15) is 4.39 Å². The largest absolute Gasteiger partial charge is 0.369 e. The summed E-state index contributed by atoms with van der Waals surface area (Å²) < 4.78 is 13.2. The molecule has 1 atom stereocenters. The summed E-state index contributed by atoms with van der Waals surface area (Å²) >= 11 is 5.84. The van der Waals surface area contributed by atoms with Gasteiger partial charge in [0.05, 0.1) is 5.02 Å². The van der Waals surface area contributed by atoms with Crippen LogP contribution in [0.15, 0.2) is 30.5 Å². The van der Waals surface area contributed by atoms with Crippen molar-refractivity contribution in [2.75, 3.05) is 23.3 Å². The Morgan fingerprint density at radius 3 is 3.00 bits per heavy atom. The van der Waals surface area contributed by atoms with Crippen molar-refractivity contribution in [2.45, 2.75) is 19.4 Å². The summed E-state index contributed by atoms with van der Waals surface area (Å²) in [6, 6.07) is 7.02. The molecule has 1 fully saturated rings. The minimum absolute atomic E-state index is 0.162. The Balaban J connectivity index is 1.66. The number of nitrogens with one attached hydrogen (secondary N) is 1. The fourth-order valence-electron chi connectivity index (χ4n) is 2.54. The van der Waals surface area contributed by atoms with Crippen LogP contribution < -0.4 is 10.2 Å². The molecule has 1 N–H and O–H groups in total. The highest BCUT2D eigenvalue weighted by molar-refractivity contribution is 6.31. The van der Waals surface area contributed by atoms with Crippen molar-refractivity contribution in [3.8, 4) is 0 Å². The molecular formula is C15H16ClFN4. The van der Waals surface area contributed by atoms with Crippen molar-refractivity contribution in [1.82, 2.24) is 9.97 Å². The van der Waals surface area contributed by atoms with Crippen LogP contribution in [-0.2, 0) is 0 Å². The zero-order chi connectivity index (χ0) is 14.8. The summed E-state index contributed by atoms with van der Waals surface area (Å²) in [5, 5.41) is 3.57. The second-order valence-electron chi connectivity index (χ2n) is 5.16. The molecule has 6 heteroatoms. The van der Waals surface area contributed by atoms with E-state index in [0.29, 0.717) is 6.04 Å². The van der Waals surface area contributed by atoms with Gasteiger partial charge < -0.3 is 10.2 Å². The van der Waals surface area contributed by atoms with E-state index in [2.05, 4.69) is 20.2 Å². The topological polar surface area (TPSA) is 41.1 Å². The average molecular weight is 307 g/mol. The Bertz CT molecular complexity index is 649. The van der Waals surface area contributed by atoms with Gasteiger partial charge in [0, 0.05) is 31.0 Å². The van der Waals surface area contributed by atoms with Crippen LogP contribution in [0.25, 0.3) is 0 Å². The molecule has 1 aliphatic heterocycles. The molecule has 4 nitrogen and oxygen atoms in total. The van der Waals surface area contributed by atoms with Gasteiger partial charge in [0.1, 0.15) is 17.5 Å². The third kappa shape index (κ3) is 3.24. The third-order valence-electron chi connectivity index (χ3n) is 3.58. The van der Waals surface area contributed by atoms with E-state index in [1.165, 1.54) is 6.07 Å². The number of anilines is 2. The van der Waals surface area contributed by atoms with Gasteiger partial charge in [0.15, 0.2) is 0 Å². The fraction of sp³-hybridized carbons (Fsp3) is 0.333. The van der Waals surface area contributed by atoms with Gasteiger partial charge in [0.2, 0.25) is 0 Å². The minimum Gasteiger partial charge on any atom is -0.369 e. The Hall–Kier alpha value is -1.88. The van der Waals surface area contributed by atoms with Gasteiger partial charge in [-0.05, 0) is 37.6 Å². The van der Waals surface area contributed by atoms with Crippen molar-refractivity contribution in [3.63, 3.8) is 0 Å². The van der Waals surface area contributed by atoms with Gasteiger partial charge >= 0.3 is 0 Å². The predicted octanol–water partition coefficient (Wildman–Crippen LogP) is 3.27. The maximum absolute atomic E-state index is 13.2. The molecule has 0 radical (unpaired) electrons. The summed E-state index contributed by atoms with van der Waals surface area (Å²) in [6.07, 6.45) is 2.75. The van der Waals surface area contributed by atoms with E-state index in [0.717, 1.165) is 36.8 Å². The van der Waals surface area contributed by atoms with Crippen molar-refractivity contribution in [2.24, 2.45) is 0 Å². The number of hydrogen-bond donors (Lipinski definition) is 1. The van der Waals surface area contributed by atoms with Crippen LogP contribution >= 0.6 is 11.6 Å². The summed E-state index contributed by atoms with van der Waals surface area (Å²) in [4.78, 5) is 10.6. The number of benzene rings is 1. The number of halogens is 2. The van der Waals surface area contributed by atoms with Crippen molar-refractivity contribution >= 4 is 23.1 Å². The number of nitrogens with zero attached hydrogens (tertiary/aromatic N) is 3. The Morgan fingerprint density at radius 2 is 2.24 bits per heavy atom. The first-order chi connectivity index (χ1) is 10.1. The maximum atomic E-state index is 13.2. The zero-order valence-electron chi connectivity index (χ0n) is 11.7. The Labute approximate surface area is 128 Å². The molecule has 1 aromatic carbocycles. The highest BCUT2D eigenvalue weighted by atomic mass is 35.5. The molecule has 0 spiro atoms. The van der Waals surface area contributed by atoms with Gasteiger partial charge in [-0.25, -0.2) is 14.4 Å². The van der Waals surface area contributed by atoms with Gasteiger partial charge in [-0.15, -0.1) is 0 Å². The van der Waals surface area contributed by atoms with E-state index in [1.807, 2.05) is 13.0 Å². The van der Waals surface area contributed by atoms with Gasteiger partial charge in [-0.3, -0.25) is 0 Å². The van der Waals surface area contributed by atoms with Crippen LogP contribution in [0.1, 0.15) is 12.2 Å². The fourth-order valence-corrected chi connectivity index (χ4v) is 2.71. The van der Waals surface area contributed by atoms with E-state index in [1.54, 1.807) is 18.3 Å². The van der Waals surface area contributed by atoms with Crippen LogP contribution in [-0.4, -0.2) is 29.1 Å². The summed E-state index contributed by atoms with van der Waals surface area (Å²) in [6.45, 7) is 3.61. The lowest BCUT2D eigenvalue weighted by atomic mass is 10.2. The first-order valence-corrected chi connectivity index (χ1v) is 7.26. The molecule has 1 unspecified atom stereocenters. The molecule has 3 rings (SSSR count). The number of rotatable bonds is 3. The van der Waals surface area contributed by atoms with Crippen LogP contribution in [0.4, 0.5) is 15.9 Å². The average Bonchev–Trinajstić information content (AvgIpc) is 2.90. The Kier molecular flexibility index (Phi) is 3.92. The summed E-state index contributed by atoms with van der Waals surface area (Å²) in [5.74, 6) is 1.21. The molecule has 1 aliphatic rings. The van der Waals surface area contributed by atoms with Crippen LogP contribution in [0.3, 0.4) is 0 Å². The van der Waals surface area contributed by atoms with Gasteiger partial charge in [-0.1, -0.05) is 11.6 Å². The molecule has 0 bridgehead atoms. The molecule has 2 heterocycles. The van der Waals surface area contributed by atoms with Crippen LogP contribution in [0, 0.1) is 12.7 Å². The minimum atomic E-state index is -0.384. The molecule has 0 saturated carbocycles. The van der Waals surface area contributed by atoms with E-state index in [4.69, 9.17) is 11.6 Å². The quantitative estimate of drug-likeness (QED) is 0.945. The van der Waals surface area contributed by atoms with Gasteiger partial charge in [-0.2, -0.15) is 0 Å². The van der Waals surface area contributed by atoms with E-state index >= 15 is 0 Å². The van der Waals surface area contributed by atoms with E-state index < -0.39 is 0 Å². The molecule has 1 saturated heterocycles. The molecule has 0 amide bonds. The Morgan fingerprint density at radius 1 is 1.38 bits per heavy atom. The number of hydrogen-bond acceptors (Lipinski definition) is 4. The maximum Gasteiger partial charge on any atom is 0.141 e. The lowest BCUT2D eigenvalue weighted by Gasteiger charge is -2.19. The lowest BCUT2D eigenvalue weighted by Crippen LogP contribution is -2.26. The third-order valence-corrected chi connectivity index (χ3v) is 3.87. The van der Waals surface area contributed by atoms with Crippen LogP contribution in [0.2, 0.25) is 5.02 Å². The van der Waals surface area contributed by atoms with Crippen molar-refractivity contribution in [3.05, 3.63) is 47.1 Å². The number of aryl methyl sites for hydroxylation is 1. The molecule has 21 heavy (non-hydrogen) atoms. The number of aromatic nitrogens is 2. The lowest BCUT2D eigenvalue weighted by molar-refractivity contribution is 0.628. The standard InChI is InChI=1S/C15H16ClFN4/c1-10-18-6-4-15(19-10)20-11-5-7-21(9-11)12-2-3-14(17)13(16)8-12/h2-4,6,8,11H,5,7,9H2,1H3,(H,18,19,20). The highest BCUT2D eigenvalue weighted by Crippen LogP contribution is 2.26. The second kappa shape index (κ2) is 5.85. The normalized spacial score (nSPS) is 18.0. The SMILES string of the molecule is Cc1nccc(NC2CCN(c3ccc(F)c(Cl)c3)C2)n1. The highest BCUT2D eigenvalue weighted by Gasteiger charge is 2.23. The molecule has 0 aliphatic carbocycles. The first kappa shape index (κ1) is 14.1. The molecule has 110 valence electrons. The van der Waals surface area contributed by atoms with Crippen molar-refractivity contribution < 1.29 is 4.39 Å².